The number of amidine groups is 1. The molecule has 1 aliphatic carbocycles. The first kappa shape index (κ1) is 26.5. The smallest absolute Gasteiger partial charge is 0.232 e. The van der Waals surface area contributed by atoms with Crippen molar-refractivity contribution in [1.82, 2.24) is 4.57 Å². The standard InChI is InChI=1S/C43H31N3O/c1-26-22-23-32-35(24-26)44-43(45-40(32)27-12-3-2-4-13-27)28-14-11-15-29(25-28)46-36-20-9-7-18-33(36)38-30-16-5-6-17-31(30)39-34-19-8-10-21-37(34)47-42(39)41(38)46/h2-23,25-26,35H,24H2,1H3,(H,44,45)/p+1. The minimum Gasteiger partial charge on any atom is -0.454 e. The van der Waals surface area contributed by atoms with Crippen molar-refractivity contribution in [2.45, 2.75) is 19.4 Å². The minimum atomic E-state index is 0.330. The van der Waals surface area contributed by atoms with Gasteiger partial charge in [0.05, 0.1) is 22.3 Å². The molecule has 3 heterocycles. The van der Waals surface area contributed by atoms with Crippen molar-refractivity contribution >= 4 is 66.0 Å². The van der Waals surface area contributed by atoms with Crippen LogP contribution in [0.15, 0.2) is 155 Å². The molecule has 224 valence electrons. The average Bonchev–Trinajstić information content (AvgIpc) is 3.69. The fourth-order valence-electron chi connectivity index (χ4n) is 8.01. The molecule has 47 heavy (non-hydrogen) atoms. The Morgan fingerprint density at radius 3 is 2.26 bits per heavy atom. The van der Waals surface area contributed by atoms with Crippen LogP contribution >= 0.6 is 0 Å². The second kappa shape index (κ2) is 10.1. The summed E-state index contributed by atoms with van der Waals surface area (Å²) >= 11 is 0. The maximum atomic E-state index is 6.78. The first-order valence-electron chi connectivity index (χ1n) is 16.5. The summed E-state index contributed by atoms with van der Waals surface area (Å²) in [6.45, 7) is 2.31. The maximum Gasteiger partial charge on any atom is 0.232 e. The third-order valence-corrected chi connectivity index (χ3v) is 10.1. The van der Waals surface area contributed by atoms with Gasteiger partial charge in [-0.15, -0.1) is 0 Å². The van der Waals surface area contributed by atoms with Crippen molar-refractivity contribution < 1.29 is 9.73 Å². The first-order chi connectivity index (χ1) is 23.2. The van der Waals surface area contributed by atoms with Crippen molar-refractivity contribution in [3.05, 3.63) is 156 Å². The van der Waals surface area contributed by atoms with Crippen molar-refractivity contribution in [2.24, 2.45) is 10.9 Å². The Kier molecular flexibility index (Phi) is 5.72. The molecule has 1 aliphatic heterocycles. The van der Waals surface area contributed by atoms with Gasteiger partial charge < -0.3 is 8.98 Å². The van der Waals surface area contributed by atoms with Gasteiger partial charge in [0.2, 0.25) is 5.84 Å². The highest BCUT2D eigenvalue weighted by Crippen LogP contribution is 2.45. The lowest BCUT2D eigenvalue weighted by Crippen LogP contribution is -2.95. The Bertz CT molecular complexity index is 2650. The zero-order chi connectivity index (χ0) is 31.1. The zero-order valence-electron chi connectivity index (χ0n) is 26.0. The van der Waals surface area contributed by atoms with Gasteiger partial charge in [0.1, 0.15) is 11.6 Å². The summed E-state index contributed by atoms with van der Waals surface area (Å²) in [4.78, 5) is 5.36. The number of rotatable bonds is 3. The van der Waals surface area contributed by atoms with E-state index in [2.05, 4.69) is 156 Å². The SMILES string of the molecule is CC1C=CC2=C(c3ccccc3)N=C(c3cccc(-n4c5ccccc5c5c6ccccc6c6c7ccccc7oc6c54)c3)[NH2+]C2C1. The number of allylic oxidation sites excluding steroid dienone is 1. The number of hydrogen-bond acceptors (Lipinski definition) is 2. The highest BCUT2D eigenvalue weighted by atomic mass is 16.3. The monoisotopic (exact) mass is 606 g/mol. The Morgan fingerprint density at radius 2 is 1.40 bits per heavy atom. The van der Waals surface area contributed by atoms with Crippen LogP contribution in [-0.2, 0) is 0 Å². The van der Waals surface area contributed by atoms with E-state index in [0.717, 1.165) is 62.4 Å². The molecule has 8 aromatic rings. The van der Waals surface area contributed by atoms with Gasteiger partial charge in [0, 0.05) is 44.8 Å². The maximum absolute atomic E-state index is 6.78. The topological polar surface area (TPSA) is 47.0 Å². The normalized spacial score (nSPS) is 18.1. The molecule has 10 rings (SSSR count). The fourth-order valence-corrected chi connectivity index (χ4v) is 8.01. The van der Waals surface area contributed by atoms with Crippen LogP contribution < -0.4 is 5.32 Å². The van der Waals surface area contributed by atoms with Crippen LogP contribution in [0.3, 0.4) is 0 Å². The summed E-state index contributed by atoms with van der Waals surface area (Å²) in [6.07, 6.45) is 5.72. The molecule has 0 saturated carbocycles. The Hall–Kier alpha value is -5.71. The van der Waals surface area contributed by atoms with Crippen molar-refractivity contribution in [1.29, 1.82) is 0 Å². The third kappa shape index (κ3) is 3.95. The number of hydrogen-bond donors (Lipinski definition) is 1. The van der Waals surface area contributed by atoms with E-state index in [1.54, 1.807) is 0 Å². The van der Waals surface area contributed by atoms with Gasteiger partial charge in [-0.2, -0.15) is 4.99 Å². The van der Waals surface area contributed by atoms with Gasteiger partial charge in [-0.05, 0) is 47.0 Å². The number of nitrogens with two attached hydrogens (primary N) is 1. The number of benzene rings is 6. The molecule has 4 heteroatoms. The van der Waals surface area contributed by atoms with Crippen LogP contribution in [0.5, 0.6) is 0 Å². The highest BCUT2D eigenvalue weighted by Gasteiger charge is 2.32. The molecule has 0 bridgehead atoms. The summed E-state index contributed by atoms with van der Waals surface area (Å²) in [5.41, 5.74) is 9.85. The number of para-hydroxylation sites is 2. The molecule has 0 radical (unpaired) electrons. The number of quaternary nitrogens is 1. The average molecular weight is 607 g/mol. The van der Waals surface area contributed by atoms with E-state index >= 15 is 0 Å². The predicted molar refractivity (Wildman–Crippen MR) is 194 cm³/mol. The molecule has 0 fully saturated rings. The fraction of sp³-hybridized carbons (Fsp3) is 0.0930. The quantitative estimate of drug-likeness (QED) is 0.214. The first-order valence-corrected chi connectivity index (χ1v) is 16.5. The van der Waals surface area contributed by atoms with E-state index in [0.29, 0.717) is 12.0 Å². The highest BCUT2D eigenvalue weighted by molar-refractivity contribution is 6.35. The largest absolute Gasteiger partial charge is 0.454 e. The molecule has 2 aliphatic rings. The van der Waals surface area contributed by atoms with Crippen LogP contribution in [0.1, 0.15) is 24.5 Å². The molecular formula is C43H32N3O+. The summed E-state index contributed by atoms with van der Waals surface area (Å²) in [6, 6.07) is 45.8. The molecule has 2 atom stereocenters. The Balaban J connectivity index is 1.25. The van der Waals surface area contributed by atoms with Gasteiger partial charge in [0.25, 0.3) is 0 Å². The summed E-state index contributed by atoms with van der Waals surface area (Å²) in [5, 5.41) is 9.59. The lowest BCUT2D eigenvalue weighted by molar-refractivity contribution is -0.572. The number of nitrogens with zero attached hydrogens (tertiary/aromatic N) is 2. The van der Waals surface area contributed by atoms with Crippen LogP contribution in [0.2, 0.25) is 0 Å². The van der Waals surface area contributed by atoms with Crippen molar-refractivity contribution in [2.75, 3.05) is 0 Å². The predicted octanol–water partition coefficient (Wildman–Crippen LogP) is 9.54. The van der Waals surface area contributed by atoms with Gasteiger partial charge >= 0.3 is 0 Å². The van der Waals surface area contributed by atoms with E-state index in [4.69, 9.17) is 9.41 Å². The summed E-state index contributed by atoms with van der Waals surface area (Å²) < 4.78 is 9.18. The van der Waals surface area contributed by atoms with Crippen LogP contribution in [0, 0.1) is 5.92 Å². The third-order valence-electron chi connectivity index (χ3n) is 10.1. The molecule has 0 spiro atoms. The molecular weight excluding hydrogens is 574 g/mol. The Morgan fingerprint density at radius 1 is 0.702 bits per heavy atom. The second-order valence-corrected chi connectivity index (χ2v) is 13.0. The lowest BCUT2D eigenvalue weighted by Gasteiger charge is -2.28. The number of aliphatic imine (C=N–C) groups is 1. The molecule has 4 nitrogen and oxygen atoms in total. The molecule has 2 N–H and O–H groups in total. The van der Waals surface area contributed by atoms with E-state index < -0.39 is 0 Å². The van der Waals surface area contributed by atoms with Gasteiger partial charge in [0.15, 0.2) is 5.58 Å². The zero-order valence-corrected chi connectivity index (χ0v) is 26.0. The van der Waals surface area contributed by atoms with E-state index in [9.17, 15) is 0 Å². The van der Waals surface area contributed by atoms with Crippen LogP contribution in [0.4, 0.5) is 0 Å². The van der Waals surface area contributed by atoms with E-state index in [-0.39, 0.29) is 0 Å². The molecule has 6 aromatic carbocycles. The molecule has 2 unspecified atom stereocenters. The molecule has 0 saturated heterocycles. The number of fused-ring (bicyclic) bond motifs is 11. The second-order valence-electron chi connectivity index (χ2n) is 13.0. The van der Waals surface area contributed by atoms with E-state index in [1.807, 2.05) is 0 Å². The van der Waals surface area contributed by atoms with Gasteiger partial charge in [-0.25, -0.2) is 0 Å². The molecule has 2 aromatic heterocycles. The van der Waals surface area contributed by atoms with Crippen molar-refractivity contribution in [3.63, 3.8) is 0 Å². The number of aromatic nitrogens is 1. The summed E-state index contributed by atoms with van der Waals surface area (Å²) in [5.74, 6) is 1.56. The molecule has 0 amide bonds. The van der Waals surface area contributed by atoms with E-state index in [1.165, 1.54) is 32.5 Å². The lowest BCUT2D eigenvalue weighted by atomic mass is 9.85. The van der Waals surface area contributed by atoms with Crippen LogP contribution in [-0.4, -0.2) is 16.4 Å². The van der Waals surface area contributed by atoms with Gasteiger partial charge in [-0.1, -0.05) is 116 Å². The van der Waals surface area contributed by atoms with Crippen LogP contribution in [0.25, 0.3) is 65.9 Å². The van der Waals surface area contributed by atoms with Gasteiger partial charge in [-0.3, -0.25) is 5.32 Å². The Labute approximate surface area is 272 Å². The summed E-state index contributed by atoms with van der Waals surface area (Å²) in [7, 11) is 0. The minimum absolute atomic E-state index is 0.330. The van der Waals surface area contributed by atoms with Crippen molar-refractivity contribution in [3.8, 4) is 5.69 Å². The number of furan rings is 1.